The van der Waals surface area contributed by atoms with Crippen LogP contribution >= 0.6 is 11.6 Å². The molecule has 0 aliphatic heterocycles. The predicted octanol–water partition coefficient (Wildman–Crippen LogP) is 2.89. The van der Waals surface area contributed by atoms with Crippen LogP contribution < -0.4 is 4.74 Å². The average molecular weight is 260 g/mol. The van der Waals surface area contributed by atoms with Crippen molar-refractivity contribution in [1.82, 2.24) is 9.97 Å². The summed E-state index contributed by atoms with van der Waals surface area (Å²) in [7, 11) is 0. The van der Waals surface area contributed by atoms with Gasteiger partial charge in [-0.3, -0.25) is 0 Å². The van der Waals surface area contributed by atoms with Gasteiger partial charge in [0.05, 0.1) is 11.6 Å². The number of nitriles is 1. The summed E-state index contributed by atoms with van der Waals surface area (Å²) in [6.45, 7) is 2.06. The molecule has 0 atom stereocenters. The fraction of sp³-hybridized carbons (Fsp3) is 0.154. The molecule has 5 heteroatoms. The van der Waals surface area contributed by atoms with E-state index in [2.05, 4.69) is 16.0 Å². The SMILES string of the molecule is Cc1cc(Cl)nc(COc2cccc(C#N)c2)n1. The molecule has 0 fully saturated rings. The molecular formula is C13H10ClN3O. The van der Waals surface area contributed by atoms with Crippen LogP contribution in [0.1, 0.15) is 17.1 Å². The van der Waals surface area contributed by atoms with Gasteiger partial charge in [-0.05, 0) is 31.2 Å². The van der Waals surface area contributed by atoms with E-state index < -0.39 is 0 Å². The van der Waals surface area contributed by atoms with E-state index in [0.717, 1.165) is 5.69 Å². The monoisotopic (exact) mass is 259 g/mol. The van der Waals surface area contributed by atoms with Gasteiger partial charge in [-0.15, -0.1) is 0 Å². The summed E-state index contributed by atoms with van der Waals surface area (Å²) >= 11 is 5.83. The van der Waals surface area contributed by atoms with Gasteiger partial charge < -0.3 is 4.74 Å². The maximum Gasteiger partial charge on any atom is 0.167 e. The first-order valence-corrected chi connectivity index (χ1v) is 5.68. The van der Waals surface area contributed by atoms with Crippen LogP contribution in [-0.2, 0) is 6.61 Å². The van der Waals surface area contributed by atoms with Crippen molar-refractivity contribution >= 4 is 11.6 Å². The summed E-state index contributed by atoms with van der Waals surface area (Å²) in [4.78, 5) is 8.26. The van der Waals surface area contributed by atoms with Crippen molar-refractivity contribution in [3.8, 4) is 11.8 Å². The lowest BCUT2D eigenvalue weighted by molar-refractivity contribution is 0.295. The molecule has 90 valence electrons. The van der Waals surface area contributed by atoms with E-state index in [1.165, 1.54) is 0 Å². The fourth-order valence-electron chi connectivity index (χ4n) is 1.46. The summed E-state index contributed by atoms with van der Waals surface area (Å²) in [5, 5.41) is 9.17. The van der Waals surface area contributed by atoms with Crippen LogP contribution in [0.4, 0.5) is 0 Å². The third kappa shape index (κ3) is 3.19. The van der Waals surface area contributed by atoms with Crippen molar-refractivity contribution in [2.75, 3.05) is 0 Å². The lowest BCUT2D eigenvalue weighted by Crippen LogP contribution is -2.02. The number of ether oxygens (including phenoxy) is 1. The maximum absolute atomic E-state index is 8.77. The molecule has 2 rings (SSSR count). The minimum Gasteiger partial charge on any atom is -0.486 e. The number of halogens is 1. The maximum atomic E-state index is 8.77. The van der Waals surface area contributed by atoms with E-state index in [4.69, 9.17) is 21.6 Å². The van der Waals surface area contributed by atoms with Crippen LogP contribution in [0.2, 0.25) is 5.15 Å². The van der Waals surface area contributed by atoms with Gasteiger partial charge in [-0.1, -0.05) is 17.7 Å². The molecule has 0 radical (unpaired) electrons. The number of benzene rings is 1. The molecule has 0 N–H and O–H groups in total. The Morgan fingerprint density at radius 2 is 2.17 bits per heavy atom. The zero-order valence-electron chi connectivity index (χ0n) is 9.72. The number of hydrogen-bond acceptors (Lipinski definition) is 4. The first-order chi connectivity index (χ1) is 8.67. The Kier molecular flexibility index (Phi) is 3.75. The van der Waals surface area contributed by atoms with Gasteiger partial charge in [0.2, 0.25) is 0 Å². The van der Waals surface area contributed by atoms with Gasteiger partial charge in [0.15, 0.2) is 5.82 Å². The van der Waals surface area contributed by atoms with Gasteiger partial charge in [-0.25, -0.2) is 9.97 Å². The summed E-state index contributed by atoms with van der Waals surface area (Å²) in [6, 6.07) is 10.7. The fourth-order valence-corrected chi connectivity index (χ4v) is 1.71. The highest BCUT2D eigenvalue weighted by Gasteiger charge is 2.02. The third-order valence-corrected chi connectivity index (χ3v) is 2.39. The topological polar surface area (TPSA) is 58.8 Å². The number of hydrogen-bond donors (Lipinski definition) is 0. The second kappa shape index (κ2) is 5.48. The molecule has 0 aliphatic carbocycles. The molecule has 0 spiro atoms. The first-order valence-electron chi connectivity index (χ1n) is 5.30. The van der Waals surface area contributed by atoms with E-state index >= 15 is 0 Å². The molecular weight excluding hydrogens is 250 g/mol. The molecule has 0 bridgehead atoms. The Labute approximate surface area is 110 Å². The van der Waals surface area contributed by atoms with Crippen LogP contribution in [-0.4, -0.2) is 9.97 Å². The molecule has 2 aromatic rings. The van der Waals surface area contributed by atoms with Crippen LogP contribution in [0, 0.1) is 18.3 Å². The van der Waals surface area contributed by atoms with E-state index in [-0.39, 0.29) is 6.61 Å². The summed E-state index contributed by atoms with van der Waals surface area (Å²) in [6.07, 6.45) is 0. The van der Waals surface area contributed by atoms with Gasteiger partial charge >= 0.3 is 0 Å². The van der Waals surface area contributed by atoms with Crippen molar-refractivity contribution in [3.05, 3.63) is 52.6 Å². The van der Waals surface area contributed by atoms with Gasteiger partial charge in [-0.2, -0.15) is 5.26 Å². The van der Waals surface area contributed by atoms with Gasteiger partial charge in [0.1, 0.15) is 17.5 Å². The quantitative estimate of drug-likeness (QED) is 0.796. The van der Waals surface area contributed by atoms with Crippen molar-refractivity contribution in [3.63, 3.8) is 0 Å². The molecule has 0 aliphatic rings. The predicted molar refractivity (Wildman–Crippen MR) is 67.3 cm³/mol. The van der Waals surface area contributed by atoms with Gasteiger partial charge in [0.25, 0.3) is 0 Å². The molecule has 1 aromatic carbocycles. The standard InChI is InChI=1S/C13H10ClN3O/c1-9-5-12(14)17-13(16-9)8-18-11-4-2-3-10(6-11)7-15/h2-6H,8H2,1H3. The molecule has 1 heterocycles. The van der Waals surface area contributed by atoms with E-state index in [0.29, 0.717) is 22.3 Å². The lowest BCUT2D eigenvalue weighted by Gasteiger charge is -2.06. The zero-order chi connectivity index (χ0) is 13.0. The molecule has 18 heavy (non-hydrogen) atoms. The highest BCUT2D eigenvalue weighted by atomic mass is 35.5. The van der Waals surface area contributed by atoms with Crippen molar-refractivity contribution in [1.29, 1.82) is 5.26 Å². The Balaban J connectivity index is 2.09. The molecule has 0 saturated heterocycles. The summed E-state index contributed by atoms with van der Waals surface area (Å²) < 4.78 is 5.51. The molecule has 0 saturated carbocycles. The van der Waals surface area contributed by atoms with Crippen molar-refractivity contribution < 1.29 is 4.74 Å². The molecule has 4 nitrogen and oxygen atoms in total. The molecule has 0 unspecified atom stereocenters. The third-order valence-electron chi connectivity index (χ3n) is 2.20. The Morgan fingerprint density at radius 3 is 2.89 bits per heavy atom. The Morgan fingerprint density at radius 1 is 1.33 bits per heavy atom. The van der Waals surface area contributed by atoms with Crippen molar-refractivity contribution in [2.24, 2.45) is 0 Å². The first kappa shape index (κ1) is 12.3. The largest absolute Gasteiger partial charge is 0.486 e. The molecule has 1 aromatic heterocycles. The van der Waals surface area contributed by atoms with Crippen LogP contribution in [0.15, 0.2) is 30.3 Å². The number of aryl methyl sites for hydroxylation is 1. The van der Waals surface area contributed by atoms with Crippen LogP contribution in [0.25, 0.3) is 0 Å². The zero-order valence-corrected chi connectivity index (χ0v) is 10.5. The minimum absolute atomic E-state index is 0.219. The smallest absolute Gasteiger partial charge is 0.167 e. The minimum atomic E-state index is 0.219. The van der Waals surface area contributed by atoms with Crippen molar-refractivity contribution in [2.45, 2.75) is 13.5 Å². The Hall–Kier alpha value is -2.12. The van der Waals surface area contributed by atoms with E-state index in [9.17, 15) is 0 Å². The summed E-state index contributed by atoms with van der Waals surface area (Å²) in [5.41, 5.74) is 1.34. The van der Waals surface area contributed by atoms with Gasteiger partial charge in [0, 0.05) is 5.69 Å². The molecule has 0 amide bonds. The van der Waals surface area contributed by atoms with Crippen LogP contribution in [0.3, 0.4) is 0 Å². The summed E-state index contributed by atoms with van der Waals surface area (Å²) in [5.74, 6) is 1.12. The number of aromatic nitrogens is 2. The van der Waals surface area contributed by atoms with Crippen LogP contribution in [0.5, 0.6) is 5.75 Å². The lowest BCUT2D eigenvalue weighted by atomic mass is 10.2. The average Bonchev–Trinajstić information content (AvgIpc) is 2.35. The number of nitrogens with zero attached hydrogens (tertiary/aromatic N) is 3. The second-order valence-electron chi connectivity index (χ2n) is 3.68. The second-order valence-corrected chi connectivity index (χ2v) is 4.06. The normalized spacial score (nSPS) is 9.83. The Bertz CT molecular complexity index is 587. The van der Waals surface area contributed by atoms with E-state index in [1.54, 1.807) is 30.3 Å². The highest BCUT2D eigenvalue weighted by molar-refractivity contribution is 6.29. The highest BCUT2D eigenvalue weighted by Crippen LogP contribution is 2.14. The number of rotatable bonds is 3. The van der Waals surface area contributed by atoms with E-state index in [1.807, 2.05) is 6.92 Å².